The molecule has 45 heavy (non-hydrogen) atoms. The van der Waals surface area contributed by atoms with Gasteiger partial charge in [-0.1, -0.05) is 103 Å². The summed E-state index contributed by atoms with van der Waals surface area (Å²) in [6.45, 7) is 0. The number of thiophene rings is 1. The van der Waals surface area contributed by atoms with Gasteiger partial charge in [0.25, 0.3) is 0 Å². The van der Waals surface area contributed by atoms with E-state index in [0.29, 0.717) is 5.95 Å². The van der Waals surface area contributed by atoms with Gasteiger partial charge in [0.1, 0.15) is 0 Å². The number of benzene rings is 6. The molecule has 0 atom stereocenters. The predicted molar refractivity (Wildman–Crippen MR) is 189 cm³/mol. The second-order valence-electron chi connectivity index (χ2n) is 11.4. The summed E-state index contributed by atoms with van der Waals surface area (Å²) >= 11 is 1.76. The Hall–Kier alpha value is -5.78. The summed E-state index contributed by atoms with van der Waals surface area (Å²) in [6, 6.07) is 51.7. The molecule has 4 aromatic heterocycles. The number of hydrogen-bond donors (Lipinski definition) is 0. The van der Waals surface area contributed by atoms with E-state index in [4.69, 9.17) is 9.97 Å². The molecule has 0 aliphatic carbocycles. The standard InChI is InChI=1S/C40H24N4S/c1-3-13-25(14-4-1)37-39-38(29-19-9-12-22-36(29)45-39)42-40(41-37)44-33-21-11-8-18-28(33)31-23-30-27-17-7-10-20-32(27)43(34(30)24-35(31)44)26-15-5-2-6-16-26/h1-24H. The van der Waals surface area contributed by atoms with E-state index in [9.17, 15) is 0 Å². The molecule has 210 valence electrons. The maximum Gasteiger partial charge on any atom is 0.235 e. The topological polar surface area (TPSA) is 35.6 Å². The predicted octanol–water partition coefficient (Wildman–Crippen LogP) is 10.7. The number of rotatable bonds is 3. The van der Waals surface area contributed by atoms with E-state index in [1.54, 1.807) is 11.3 Å². The van der Waals surface area contributed by atoms with Crippen molar-refractivity contribution in [1.82, 2.24) is 19.1 Å². The fourth-order valence-electron chi connectivity index (χ4n) is 6.97. The van der Waals surface area contributed by atoms with Crippen LogP contribution in [0.25, 0.3) is 86.8 Å². The van der Waals surface area contributed by atoms with E-state index in [2.05, 4.69) is 155 Å². The van der Waals surface area contributed by atoms with Crippen LogP contribution in [-0.4, -0.2) is 19.1 Å². The van der Waals surface area contributed by atoms with E-state index in [1.165, 1.54) is 31.8 Å². The molecule has 10 aromatic rings. The SMILES string of the molecule is c1ccc(-c2nc(-n3c4ccccc4c4cc5c6ccccc6n(-c6ccccc6)c5cc43)nc3c2sc2ccccc23)cc1. The van der Waals surface area contributed by atoms with Crippen molar-refractivity contribution < 1.29 is 0 Å². The summed E-state index contributed by atoms with van der Waals surface area (Å²) in [7, 11) is 0. The lowest BCUT2D eigenvalue weighted by Crippen LogP contribution is -2.03. The first-order valence-electron chi connectivity index (χ1n) is 15.1. The van der Waals surface area contributed by atoms with Gasteiger partial charge in [0, 0.05) is 42.9 Å². The first-order valence-corrected chi connectivity index (χ1v) is 15.9. The summed E-state index contributed by atoms with van der Waals surface area (Å²) in [5.41, 5.74) is 8.70. The normalized spacial score (nSPS) is 12.0. The zero-order valence-electron chi connectivity index (χ0n) is 24.1. The van der Waals surface area contributed by atoms with Gasteiger partial charge in [-0.25, -0.2) is 9.97 Å². The Kier molecular flexibility index (Phi) is 5.12. The zero-order valence-corrected chi connectivity index (χ0v) is 24.9. The Bertz CT molecular complexity index is 2750. The summed E-state index contributed by atoms with van der Waals surface area (Å²) in [4.78, 5) is 10.7. The molecule has 0 unspecified atom stereocenters. The molecule has 6 aromatic carbocycles. The number of aromatic nitrogens is 4. The van der Waals surface area contributed by atoms with Crippen molar-refractivity contribution in [3.63, 3.8) is 0 Å². The highest BCUT2D eigenvalue weighted by Crippen LogP contribution is 2.42. The summed E-state index contributed by atoms with van der Waals surface area (Å²) in [6.07, 6.45) is 0. The molecule has 0 fully saturated rings. The fraction of sp³-hybridized carbons (Fsp3) is 0. The van der Waals surface area contributed by atoms with E-state index in [1.807, 2.05) is 0 Å². The van der Waals surface area contributed by atoms with Crippen molar-refractivity contribution in [3.05, 3.63) is 146 Å². The van der Waals surface area contributed by atoms with Crippen molar-refractivity contribution in [2.24, 2.45) is 0 Å². The third-order valence-electron chi connectivity index (χ3n) is 8.94. The lowest BCUT2D eigenvalue weighted by molar-refractivity contribution is 1.02. The van der Waals surface area contributed by atoms with Crippen LogP contribution in [0.5, 0.6) is 0 Å². The third kappa shape index (κ3) is 3.53. The monoisotopic (exact) mass is 592 g/mol. The zero-order chi connectivity index (χ0) is 29.5. The van der Waals surface area contributed by atoms with Crippen molar-refractivity contribution >= 4 is 75.3 Å². The molecule has 4 nitrogen and oxygen atoms in total. The number of fused-ring (bicyclic) bond motifs is 9. The van der Waals surface area contributed by atoms with Gasteiger partial charge in [-0.3, -0.25) is 4.57 Å². The van der Waals surface area contributed by atoms with Gasteiger partial charge < -0.3 is 4.57 Å². The van der Waals surface area contributed by atoms with Crippen LogP contribution in [-0.2, 0) is 0 Å². The molecule has 0 radical (unpaired) electrons. The number of nitrogens with zero attached hydrogens (tertiary/aromatic N) is 4. The largest absolute Gasteiger partial charge is 0.309 e. The van der Waals surface area contributed by atoms with Crippen molar-refractivity contribution in [2.45, 2.75) is 0 Å². The lowest BCUT2D eigenvalue weighted by atomic mass is 10.1. The lowest BCUT2D eigenvalue weighted by Gasteiger charge is -2.11. The minimum absolute atomic E-state index is 0.679. The first-order chi connectivity index (χ1) is 22.3. The van der Waals surface area contributed by atoms with Gasteiger partial charge in [0.15, 0.2) is 0 Å². The summed E-state index contributed by atoms with van der Waals surface area (Å²) in [5.74, 6) is 0.679. The molecule has 0 amide bonds. The molecule has 4 heterocycles. The molecular weight excluding hydrogens is 569 g/mol. The van der Waals surface area contributed by atoms with Crippen LogP contribution in [0.15, 0.2) is 146 Å². The van der Waals surface area contributed by atoms with Gasteiger partial charge in [-0.05, 0) is 42.5 Å². The van der Waals surface area contributed by atoms with Gasteiger partial charge in [0.05, 0.1) is 38.0 Å². The van der Waals surface area contributed by atoms with Gasteiger partial charge in [-0.15, -0.1) is 11.3 Å². The average molecular weight is 593 g/mol. The Labute approximate surface area is 262 Å². The highest BCUT2D eigenvalue weighted by molar-refractivity contribution is 7.26. The number of para-hydroxylation sites is 3. The molecule has 0 bridgehead atoms. The molecule has 0 saturated carbocycles. The van der Waals surface area contributed by atoms with Crippen LogP contribution in [0.3, 0.4) is 0 Å². The van der Waals surface area contributed by atoms with E-state index >= 15 is 0 Å². The molecule has 0 aliphatic rings. The van der Waals surface area contributed by atoms with Crippen LogP contribution in [0, 0.1) is 0 Å². The maximum atomic E-state index is 5.37. The van der Waals surface area contributed by atoms with Crippen LogP contribution < -0.4 is 0 Å². The quantitative estimate of drug-likeness (QED) is 0.205. The summed E-state index contributed by atoms with van der Waals surface area (Å²) < 4.78 is 6.96. The average Bonchev–Trinajstić information content (AvgIpc) is 3.75. The minimum atomic E-state index is 0.679. The van der Waals surface area contributed by atoms with Crippen LogP contribution >= 0.6 is 11.3 Å². The van der Waals surface area contributed by atoms with Crippen molar-refractivity contribution in [3.8, 4) is 22.9 Å². The third-order valence-corrected chi connectivity index (χ3v) is 10.1. The molecule has 0 spiro atoms. The molecule has 10 rings (SSSR count). The first kappa shape index (κ1) is 24.6. The molecular formula is C40H24N4S. The van der Waals surface area contributed by atoms with Crippen LogP contribution in [0.2, 0.25) is 0 Å². The van der Waals surface area contributed by atoms with Crippen molar-refractivity contribution in [1.29, 1.82) is 0 Å². The second-order valence-corrected chi connectivity index (χ2v) is 12.5. The highest BCUT2D eigenvalue weighted by atomic mass is 32.1. The van der Waals surface area contributed by atoms with Crippen LogP contribution in [0.1, 0.15) is 0 Å². The molecule has 0 aliphatic heterocycles. The smallest absolute Gasteiger partial charge is 0.235 e. The summed E-state index contributed by atoms with van der Waals surface area (Å²) in [5, 5.41) is 6.00. The van der Waals surface area contributed by atoms with E-state index in [-0.39, 0.29) is 0 Å². The molecule has 0 saturated heterocycles. The van der Waals surface area contributed by atoms with E-state index < -0.39 is 0 Å². The van der Waals surface area contributed by atoms with Crippen LogP contribution in [0.4, 0.5) is 0 Å². The Balaban J connectivity index is 1.37. The van der Waals surface area contributed by atoms with Gasteiger partial charge >= 0.3 is 0 Å². The maximum absolute atomic E-state index is 5.37. The Morgan fingerprint density at radius 3 is 1.76 bits per heavy atom. The van der Waals surface area contributed by atoms with Gasteiger partial charge in [0.2, 0.25) is 5.95 Å². The highest BCUT2D eigenvalue weighted by Gasteiger charge is 2.22. The van der Waals surface area contributed by atoms with Gasteiger partial charge in [-0.2, -0.15) is 0 Å². The molecule has 0 N–H and O–H groups in total. The molecule has 5 heteroatoms. The fourth-order valence-corrected chi connectivity index (χ4v) is 8.13. The number of hydrogen-bond acceptors (Lipinski definition) is 3. The van der Waals surface area contributed by atoms with E-state index in [0.717, 1.165) is 49.1 Å². The minimum Gasteiger partial charge on any atom is -0.309 e. The van der Waals surface area contributed by atoms with Crippen molar-refractivity contribution in [2.75, 3.05) is 0 Å². The Morgan fingerprint density at radius 2 is 1.02 bits per heavy atom. The second kappa shape index (κ2) is 9.36. The Morgan fingerprint density at radius 1 is 0.444 bits per heavy atom.